The summed E-state index contributed by atoms with van der Waals surface area (Å²) in [5, 5.41) is 9.40. The fourth-order valence-corrected chi connectivity index (χ4v) is 2.84. The molecule has 0 spiro atoms. The van der Waals surface area contributed by atoms with Crippen LogP contribution in [0.1, 0.15) is 11.5 Å². The van der Waals surface area contributed by atoms with Crippen LogP contribution >= 0.6 is 22.9 Å². The number of hydrogen-bond donors (Lipinski definition) is 2. The largest absolute Gasteiger partial charge is 0.467 e. The lowest BCUT2D eigenvalue weighted by atomic mass is 10.2. The van der Waals surface area contributed by atoms with Crippen molar-refractivity contribution in [2.24, 2.45) is 5.10 Å². The molecule has 0 atom stereocenters. The van der Waals surface area contributed by atoms with E-state index in [0.717, 1.165) is 10.6 Å². The quantitative estimate of drug-likeness (QED) is 0.399. The number of amides is 2. The van der Waals surface area contributed by atoms with Crippen LogP contribution in [0, 0.1) is 0 Å². The standard InChI is InChI=1S/C17H13ClN4O3S/c18-12-5-3-11(4-6-12)17-21-13(10-26-17)8-20-22-16(24)15(23)19-9-14-2-1-7-25-14/h1-8,10H,9H2,(H,19,23)(H,22,24)/b20-8-. The summed E-state index contributed by atoms with van der Waals surface area (Å²) in [4.78, 5) is 27.7. The van der Waals surface area contributed by atoms with E-state index in [1.165, 1.54) is 23.8 Å². The Morgan fingerprint density at radius 3 is 2.77 bits per heavy atom. The number of aromatic nitrogens is 1. The highest BCUT2D eigenvalue weighted by Crippen LogP contribution is 2.24. The zero-order valence-corrected chi connectivity index (χ0v) is 14.9. The molecule has 0 bridgehead atoms. The van der Waals surface area contributed by atoms with E-state index in [4.69, 9.17) is 16.0 Å². The van der Waals surface area contributed by atoms with Gasteiger partial charge in [0, 0.05) is 16.0 Å². The normalized spacial score (nSPS) is 10.8. The van der Waals surface area contributed by atoms with Crippen molar-refractivity contribution < 1.29 is 14.0 Å². The third-order valence-electron chi connectivity index (χ3n) is 3.19. The Morgan fingerprint density at radius 1 is 1.23 bits per heavy atom. The predicted octanol–water partition coefficient (Wildman–Crippen LogP) is 2.82. The summed E-state index contributed by atoms with van der Waals surface area (Å²) in [7, 11) is 0. The molecule has 2 aromatic heterocycles. The Hall–Kier alpha value is -2.97. The highest BCUT2D eigenvalue weighted by molar-refractivity contribution is 7.13. The van der Waals surface area contributed by atoms with Crippen molar-refractivity contribution in [3.8, 4) is 10.6 Å². The molecule has 0 aliphatic rings. The first kappa shape index (κ1) is 17.8. The van der Waals surface area contributed by atoms with Crippen molar-refractivity contribution in [3.63, 3.8) is 0 Å². The molecule has 2 heterocycles. The van der Waals surface area contributed by atoms with Crippen LogP contribution in [0.4, 0.5) is 0 Å². The molecule has 0 saturated heterocycles. The van der Waals surface area contributed by atoms with E-state index in [-0.39, 0.29) is 6.54 Å². The maximum absolute atomic E-state index is 11.7. The molecule has 132 valence electrons. The maximum atomic E-state index is 11.7. The Kier molecular flexibility index (Phi) is 5.77. The van der Waals surface area contributed by atoms with Gasteiger partial charge >= 0.3 is 11.8 Å². The van der Waals surface area contributed by atoms with Gasteiger partial charge in [0.25, 0.3) is 0 Å². The van der Waals surface area contributed by atoms with Gasteiger partial charge in [0.15, 0.2) is 0 Å². The molecule has 3 aromatic rings. The number of hydrogen-bond acceptors (Lipinski definition) is 6. The van der Waals surface area contributed by atoms with Crippen molar-refractivity contribution in [1.82, 2.24) is 15.7 Å². The third-order valence-corrected chi connectivity index (χ3v) is 4.35. The van der Waals surface area contributed by atoms with Gasteiger partial charge in [-0.25, -0.2) is 10.4 Å². The Bertz CT molecular complexity index is 920. The number of furan rings is 1. The number of benzene rings is 1. The van der Waals surface area contributed by atoms with Gasteiger partial charge in [-0.05, 0) is 24.3 Å². The minimum absolute atomic E-state index is 0.125. The molecule has 2 N–H and O–H groups in total. The molecule has 2 amide bonds. The predicted molar refractivity (Wildman–Crippen MR) is 98.9 cm³/mol. The van der Waals surface area contributed by atoms with Crippen LogP contribution in [-0.4, -0.2) is 23.0 Å². The first-order chi connectivity index (χ1) is 12.6. The molecule has 9 heteroatoms. The Labute approximate surface area is 157 Å². The number of carbonyl (C=O) groups excluding carboxylic acids is 2. The first-order valence-electron chi connectivity index (χ1n) is 7.47. The number of rotatable bonds is 5. The van der Waals surface area contributed by atoms with E-state index in [9.17, 15) is 9.59 Å². The minimum Gasteiger partial charge on any atom is -0.467 e. The molecule has 1 aromatic carbocycles. The van der Waals surface area contributed by atoms with Gasteiger partial charge in [-0.15, -0.1) is 11.3 Å². The SMILES string of the molecule is O=C(NCc1ccco1)C(=O)N/N=C\c1csc(-c2ccc(Cl)cc2)n1. The molecule has 0 aliphatic carbocycles. The zero-order chi connectivity index (χ0) is 18.4. The third kappa shape index (κ3) is 4.78. The number of nitrogens with zero attached hydrogens (tertiary/aromatic N) is 2. The number of hydrazone groups is 1. The van der Waals surface area contributed by atoms with Gasteiger partial charge in [0.1, 0.15) is 10.8 Å². The second-order valence-corrected chi connectivity index (χ2v) is 6.34. The number of nitrogens with one attached hydrogen (secondary N) is 2. The summed E-state index contributed by atoms with van der Waals surface area (Å²) in [5.41, 5.74) is 3.65. The topological polar surface area (TPSA) is 96.6 Å². The van der Waals surface area contributed by atoms with E-state index in [2.05, 4.69) is 20.8 Å². The Balaban J connectivity index is 1.51. The number of carbonyl (C=O) groups is 2. The molecule has 0 fully saturated rings. The second kappa shape index (κ2) is 8.41. The molecule has 0 saturated carbocycles. The lowest BCUT2D eigenvalue weighted by Crippen LogP contribution is -2.37. The van der Waals surface area contributed by atoms with E-state index < -0.39 is 11.8 Å². The molecular formula is C17H13ClN4O3S. The monoisotopic (exact) mass is 388 g/mol. The van der Waals surface area contributed by atoms with Crippen LogP contribution in [-0.2, 0) is 16.1 Å². The zero-order valence-electron chi connectivity index (χ0n) is 13.3. The maximum Gasteiger partial charge on any atom is 0.329 e. The lowest BCUT2D eigenvalue weighted by molar-refractivity contribution is -0.139. The van der Waals surface area contributed by atoms with Gasteiger partial charge < -0.3 is 9.73 Å². The lowest BCUT2D eigenvalue weighted by Gasteiger charge is -2.01. The molecule has 3 rings (SSSR count). The average molecular weight is 389 g/mol. The van der Waals surface area contributed by atoms with Crippen LogP contribution in [0.3, 0.4) is 0 Å². The summed E-state index contributed by atoms with van der Waals surface area (Å²) < 4.78 is 5.06. The molecule has 0 radical (unpaired) electrons. The molecule has 7 nitrogen and oxygen atoms in total. The van der Waals surface area contributed by atoms with E-state index >= 15 is 0 Å². The summed E-state index contributed by atoms with van der Waals surface area (Å²) in [6.45, 7) is 0.125. The van der Waals surface area contributed by atoms with Gasteiger partial charge in [-0.1, -0.05) is 23.7 Å². The summed E-state index contributed by atoms with van der Waals surface area (Å²) >= 11 is 7.30. The molecule has 0 aliphatic heterocycles. The fourth-order valence-electron chi connectivity index (χ4n) is 1.94. The van der Waals surface area contributed by atoms with Gasteiger partial charge in [-0.3, -0.25) is 9.59 Å². The molecule has 0 unspecified atom stereocenters. The second-order valence-electron chi connectivity index (χ2n) is 5.05. The molecule has 26 heavy (non-hydrogen) atoms. The molecular weight excluding hydrogens is 376 g/mol. The van der Waals surface area contributed by atoms with Gasteiger partial charge in [0.2, 0.25) is 0 Å². The average Bonchev–Trinajstić information content (AvgIpc) is 3.32. The number of thiazole rings is 1. The van der Waals surface area contributed by atoms with Crippen LogP contribution in [0.2, 0.25) is 5.02 Å². The van der Waals surface area contributed by atoms with Gasteiger partial charge in [0.05, 0.1) is 24.7 Å². The van der Waals surface area contributed by atoms with E-state index in [1.54, 1.807) is 29.6 Å². The van der Waals surface area contributed by atoms with Crippen molar-refractivity contribution in [3.05, 3.63) is 64.5 Å². The first-order valence-corrected chi connectivity index (χ1v) is 8.72. The summed E-state index contributed by atoms with van der Waals surface area (Å²) in [5.74, 6) is -1.13. The Morgan fingerprint density at radius 2 is 2.04 bits per heavy atom. The fraction of sp³-hybridized carbons (Fsp3) is 0.0588. The van der Waals surface area contributed by atoms with Crippen molar-refractivity contribution >= 4 is 41.0 Å². The van der Waals surface area contributed by atoms with E-state index in [0.29, 0.717) is 16.5 Å². The number of halogens is 1. The van der Waals surface area contributed by atoms with Crippen LogP contribution in [0.15, 0.2) is 57.6 Å². The van der Waals surface area contributed by atoms with Crippen LogP contribution in [0.5, 0.6) is 0 Å². The smallest absolute Gasteiger partial charge is 0.329 e. The van der Waals surface area contributed by atoms with Crippen molar-refractivity contribution in [2.45, 2.75) is 6.54 Å². The van der Waals surface area contributed by atoms with Crippen LogP contribution in [0.25, 0.3) is 10.6 Å². The highest BCUT2D eigenvalue weighted by atomic mass is 35.5. The van der Waals surface area contributed by atoms with Crippen molar-refractivity contribution in [2.75, 3.05) is 0 Å². The summed E-state index contributed by atoms with van der Waals surface area (Å²) in [6.07, 6.45) is 2.85. The van der Waals surface area contributed by atoms with Gasteiger partial charge in [-0.2, -0.15) is 5.10 Å². The summed E-state index contributed by atoms with van der Waals surface area (Å²) in [6, 6.07) is 10.7. The van der Waals surface area contributed by atoms with Crippen LogP contribution < -0.4 is 10.7 Å². The highest BCUT2D eigenvalue weighted by Gasteiger charge is 2.12. The van der Waals surface area contributed by atoms with Crippen molar-refractivity contribution in [1.29, 1.82) is 0 Å². The van der Waals surface area contributed by atoms with E-state index in [1.807, 2.05) is 12.1 Å². The minimum atomic E-state index is -0.874.